The largest absolute Gasteiger partial charge is 0.299 e. The second-order valence-corrected chi connectivity index (χ2v) is 3.57. The fraction of sp³-hybridized carbons (Fsp3) is 0.556. The van der Waals surface area contributed by atoms with Gasteiger partial charge in [0.15, 0.2) is 5.78 Å². The summed E-state index contributed by atoms with van der Waals surface area (Å²) in [5.74, 6) is 0.366. The van der Waals surface area contributed by atoms with Crippen LogP contribution < -0.4 is 0 Å². The maximum absolute atomic E-state index is 11.3. The Morgan fingerprint density at radius 1 is 1.36 bits per heavy atom. The third kappa shape index (κ3) is 0.724. The molecule has 0 aromatic heterocycles. The summed E-state index contributed by atoms with van der Waals surface area (Å²) in [5.41, 5.74) is 0.671. The molecule has 0 aliphatic heterocycles. The minimum atomic E-state index is -0.392. The summed E-state index contributed by atoms with van der Waals surface area (Å²) < 4.78 is 0. The van der Waals surface area contributed by atoms with E-state index in [1.54, 1.807) is 6.08 Å². The first-order chi connectivity index (χ1) is 5.13. The predicted molar refractivity (Wildman–Crippen MR) is 40.1 cm³/mol. The van der Waals surface area contributed by atoms with Crippen LogP contribution in [0.25, 0.3) is 0 Å². The second kappa shape index (κ2) is 1.81. The van der Waals surface area contributed by atoms with Crippen molar-refractivity contribution in [3.63, 3.8) is 0 Å². The molecule has 0 amide bonds. The highest BCUT2D eigenvalue weighted by Crippen LogP contribution is 2.46. The second-order valence-electron chi connectivity index (χ2n) is 3.57. The first-order valence-electron chi connectivity index (χ1n) is 3.90. The van der Waals surface area contributed by atoms with Crippen LogP contribution in [0.3, 0.4) is 0 Å². The van der Waals surface area contributed by atoms with Gasteiger partial charge in [-0.25, -0.2) is 0 Å². The Morgan fingerprint density at radius 3 is 2.73 bits per heavy atom. The van der Waals surface area contributed by atoms with Gasteiger partial charge < -0.3 is 0 Å². The molecule has 0 bridgehead atoms. The van der Waals surface area contributed by atoms with E-state index in [4.69, 9.17) is 0 Å². The molecule has 2 nitrogen and oxygen atoms in total. The van der Waals surface area contributed by atoms with Crippen LogP contribution in [0.4, 0.5) is 0 Å². The quantitative estimate of drug-likeness (QED) is 0.521. The van der Waals surface area contributed by atoms with Gasteiger partial charge in [0.25, 0.3) is 0 Å². The molecule has 11 heavy (non-hydrogen) atoms. The molecule has 2 heteroatoms. The number of fused-ring (bicyclic) bond motifs is 1. The molecule has 2 aliphatic rings. The topological polar surface area (TPSA) is 34.1 Å². The van der Waals surface area contributed by atoms with E-state index in [0.717, 1.165) is 12.0 Å². The standard InChI is InChI=1S/C9H10O2/c1-9-5-7(10)4-6(9)2-3-8(9)11/h4H,2-3,5H2,1H3/t9-/m0/s1. The van der Waals surface area contributed by atoms with E-state index in [1.807, 2.05) is 6.92 Å². The first-order valence-corrected chi connectivity index (χ1v) is 3.90. The van der Waals surface area contributed by atoms with Gasteiger partial charge in [-0.2, -0.15) is 0 Å². The summed E-state index contributed by atoms with van der Waals surface area (Å²) in [6.07, 6.45) is 3.52. The van der Waals surface area contributed by atoms with Crippen LogP contribution in [-0.4, -0.2) is 11.6 Å². The Morgan fingerprint density at radius 2 is 2.09 bits per heavy atom. The normalized spacial score (nSPS) is 35.9. The number of carbonyl (C=O) groups excluding carboxylic acids is 2. The summed E-state index contributed by atoms with van der Waals surface area (Å²) in [6.45, 7) is 1.89. The number of Topliss-reactive ketones (excluding diaryl/α,β-unsaturated/α-hetero) is 1. The van der Waals surface area contributed by atoms with Crippen molar-refractivity contribution >= 4 is 11.6 Å². The minimum Gasteiger partial charge on any atom is -0.299 e. The van der Waals surface area contributed by atoms with Crippen molar-refractivity contribution in [3.8, 4) is 0 Å². The van der Waals surface area contributed by atoms with Gasteiger partial charge in [-0.15, -0.1) is 0 Å². The lowest BCUT2D eigenvalue weighted by Gasteiger charge is -2.16. The molecule has 0 aromatic carbocycles. The molecule has 1 saturated carbocycles. The Kier molecular flexibility index (Phi) is 1.12. The summed E-state index contributed by atoms with van der Waals surface area (Å²) in [4.78, 5) is 22.3. The van der Waals surface area contributed by atoms with Crippen LogP contribution in [0.2, 0.25) is 0 Å². The molecule has 58 valence electrons. The molecule has 0 saturated heterocycles. The van der Waals surface area contributed by atoms with Gasteiger partial charge in [-0.3, -0.25) is 9.59 Å². The molecule has 0 aromatic rings. The minimum absolute atomic E-state index is 0.121. The molecule has 0 N–H and O–H groups in total. The highest BCUT2D eigenvalue weighted by molar-refractivity contribution is 6.04. The molecule has 0 radical (unpaired) electrons. The Balaban J connectivity index is 2.47. The number of carbonyl (C=O) groups is 2. The Bertz CT molecular complexity index is 275. The van der Waals surface area contributed by atoms with Crippen LogP contribution in [-0.2, 0) is 9.59 Å². The average molecular weight is 150 g/mol. The zero-order valence-electron chi connectivity index (χ0n) is 6.52. The molecule has 0 spiro atoms. The van der Waals surface area contributed by atoms with E-state index >= 15 is 0 Å². The third-order valence-electron chi connectivity index (χ3n) is 2.81. The SMILES string of the molecule is C[C@]12CC(=O)C=C1CCC2=O. The van der Waals surface area contributed by atoms with Crippen molar-refractivity contribution in [1.29, 1.82) is 0 Å². The Hall–Kier alpha value is -0.920. The van der Waals surface area contributed by atoms with E-state index in [0.29, 0.717) is 12.8 Å². The smallest absolute Gasteiger partial charge is 0.156 e. The van der Waals surface area contributed by atoms with Gasteiger partial charge in [-0.1, -0.05) is 5.57 Å². The number of hydrogen-bond acceptors (Lipinski definition) is 2. The molecule has 1 fully saturated rings. The Labute approximate surface area is 65.3 Å². The molecule has 0 heterocycles. The molecular formula is C9H10O2. The lowest BCUT2D eigenvalue weighted by atomic mass is 9.85. The van der Waals surface area contributed by atoms with Gasteiger partial charge in [0.1, 0.15) is 5.78 Å². The van der Waals surface area contributed by atoms with Gasteiger partial charge >= 0.3 is 0 Å². The lowest BCUT2D eigenvalue weighted by Crippen LogP contribution is -2.21. The predicted octanol–water partition coefficient (Wildman–Crippen LogP) is 1.25. The monoisotopic (exact) mass is 150 g/mol. The van der Waals surface area contributed by atoms with E-state index in [1.165, 1.54) is 0 Å². The van der Waals surface area contributed by atoms with Crippen LogP contribution in [0.15, 0.2) is 11.6 Å². The summed E-state index contributed by atoms with van der Waals surface area (Å²) in [5, 5.41) is 0. The number of hydrogen-bond donors (Lipinski definition) is 0. The fourth-order valence-corrected chi connectivity index (χ4v) is 2.02. The van der Waals surface area contributed by atoms with Crippen molar-refractivity contribution < 1.29 is 9.59 Å². The molecule has 0 unspecified atom stereocenters. The van der Waals surface area contributed by atoms with Crippen molar-refractivity contribution in [1.82, 2.24) is 0 Å². The number of ketones is 2. The van der Waals surface area contributed by atoms with Gasteiger partial charge in [0, 0.05) is 12.8 Å². The van der Waals surface area contributed by atoms with Crippen molar-refractivity contribution in [2.24, 2.45) is 5.41 Å². The van der Waals surface area contributed by atoms with E-state index < -0.39 is 5.41 Å². The summed E-state index contributed by atoms with van der Waals surface area (Å²) in [6, 6.07) is 0. The van der Waals surface area contributed by atoms with Gasteiger partial charge in [0.05, 0.1) is 5.41 Å². The molecular weight excluding hydrogens is 140 g/mol. The van der Waals surface area contributed by atoms with Crippen molar-refractivity contribution in [3.05, 3.63) is 11.6 Å². The number of rotatable bonds is 0. The highest BCUT2D eigenvalue weighted by Gasteiger charge is 2.46. The zero-order valence-corrected chi connectivity index (χ0v) is 6.52. The average Bonchev–Trinajstić information content (AvgIpc) is 2.32. The highest BCUT2D eigenvalue weighted by atomic mass is 16.1. The van der Waals surface area contributed by atoms with E-state index in [-0.39, 0.29) is 11.6 Å². The lowest BCUT2D eigenvalue weighted by molar-refractivity contribution is -0.127. The van der Waals surface area contributed by atoms with Crippen molar-refractivity contribution in [2.75, 3.05) is 0 Å². The molecule has 2 aliphatic carbocycles. The van der Waals surface area contributed by atoms with Crippen LogP contribution in [0.1, 0.15) is 26.2 Å². The maximum atomic E-state index is 11.3. The molecule has 1 atom stereocenters. The van der Waals surface area contributed by atoms with Crippen molar-refractivity contribution in [2.45, 2.75) is 26.2 Å². The zero-order chi connectivity index (χ0) is 8.06. The fourth-order valence-electron chi connectivity index (χ4n) is 2.02. The first kappa shape index (κ1) is 6.77. The number of allylic oxidation sites excluding steroid dienone is 2. The van der Waals surface area contributed by atoms with Crippen LogP contribution in [0, 0.1) is 5.41 Å². The maximum Gasteiger partial charge on any atom is 0.156 e. The van der Waals surface area contributed by atoms with E-state index in [2.05, 4.69) is 0 Å². The van der Waals surface area contributed by atoms with Gasteiger partial charge in [0.2, 0.25) is 0 Å². The van der Waals surface area contributed by atoms with E-state index in [9.17, 15) is 9.59 Å². The summed E-state index contributed by atoms with van der Waals surface area (Å²) in [7, 11) is 0. The van der Waals surface area contributed by atoms with Crippen LogP contribution in [0.5, 0.6) is 0 Å². The van der Waals surface area contributed by atoms with Gasteiger partial charge in [-0.05, 0) is 19.4 Å². The molecule has 2 rings (SSSR count). The third-order valence-corrected chi connectivity index (χ3v) is 2.81. The van der Waals surface area contributed by atoms with Crippen LogP contribution >= 0.6 is 0 Å². The summed E-state index contributed by atoms with van der Waals surface area (Å²) >= 11 is 0.